The molecule has 1 aliphatic rings. The van der Waals surface area contributed by atoms with Crippen LogP contribution < -0.4 is 15.4 Å². The van der Waals surface area contributed by atoms with Crippen LogP contribution in [-0.2, 0) is 9.59 Å². The summed E-state index contributed by atoms with van der Waals surface area (Å²) >= 11 is 5.98. The summed E-state index contributed by atoms with van der Waals surface area (Å²) in [5.41, 5.74) is 0.599. The van der Waals surface area contributed by atoms with Crippen molar-refractivity contribution in [3.8, 4) is 5.75 Å². The van der Waals surface area contributed by atoms with Crippen molar-refractivity contribution in [1.29, 1.82) is 0 Å². The average Bonchev–Trinajstić information content (AvgIpc) is 2.38. The number of amides is 2. The number of anilines is 1. The summed E-state index contributed by atoms with van der Waals surface area (Å²) in [5, 5.41) is 5.89. The molecular weight excluding hydrogens is 282 g/mol. The minimum Gasteiger partial charge on any atom is -0.495 e. The molecule has 0 bridgehead atoms. The minimum absolute atomic E-state index is 0.0588. The summed E-state index contributed by atoms with van der Waals surface area (Å²) in [7, 11) is 1.53. The molecule has 1 aromatic carbocycles. The monoisotopic (exact) mass is 297 g/mol. The second kappa shape index (κ2) is 6.58. The zero-order chi connectivity index (χ0) is 14.5. The van der Waals surface area contributed by atoms with Crippen molar-refractivity contribution in [2.24, 2.45) is 0 Å². The number of carbonyl (C=O) groups excluding carboxylic acids is 2. The van der Waals surface area contributed by atoms with Crippen molar-refractivity contribution in [2.45, 2.75) is 0 Å². The van der Waals surface area contributed by atoms with E-state index in [1.165, 1.54) is 7.11 Å². The van der Waals surface area contributed by atoms with Crippen molar-refractivity contribution < 1.29 is 14.3 Å². The van der Waals surface area contributed by atoms with Crippen molar-refractivity contribution in [2.75, 3.05) is 38.6 Å². The molecule has 2 amide bonds. The van der Waals surface area contributed by atoms with E-state index in [9.17, 15) is 9.59 Å². The molecule has 1 fully saturated rings. The fourth-order valence-electron chi connectivity index (χ4n) is 1.97. The quantitative estimate of drug-likeness (QED) is 0.859. The van der Waals surface area contributed by atoms with Crippen LogP contribution in [0.15, 0.2) is 18.2 Å². The molecule has 0 aliphatic carbocycles. The highest BCUT2D eigenvalue weighted by atomic mass is 35.5. The summed E-state index contributed by atoms with van der Waals surface area (Å²) < 4.78 is 5.04. The Bertz CT molecular complexity index is 522. The van der Waals surface area contributed by atoms with E-state index in [1.807, 2.05) is 0 Å². The smallest absolute Gasteiger partial charge is 0.238 e. The third-order valence-electron chi connectivity index (χ3n) is 2.92. The number of nitrogens with one attached hydrogen (secondary N) is 2. The van der Waals surface area contributed by atoms with Gasteiger partial charge in [-0.2, -0.15) is 0 Å². The number of nitrogens with zero attached hydrogens (tertiary/aromatic N) is 1. The van der Waals surface area contributed by atoms with E-state index in [0.717, 1.165) is 0 Å². The van der Waals surface area contributed by atoms with Crippen LogP contribution in [-0.4, -0.2) is 50.0 Å². The molecule has 0 aromatic heterocycles. The highest BCUT2D eigenvalue weighted by Crippen LogP contribution is 2.27. The van der Waals surface area contributed by atoms with Crippen molar-refractivity contribution in [3.05, 3.63) is 23.2 Å². The molecule has 0 atom stereocenters. The van der Waals surface area contributed by atoms with Gasteiger partial charge in [0.1, 0.15) is 5.75 Å². The molecule has 20 heavy (non-hydrogen) atoms. The molecule has 7 heteroatoms. The van der Waals surface area contributed by atoms with Crippen LogP contribution in [0.25, 0.3) is 0 Å². The van der Waals surface area contributed by atoms with Gasteiger partial charge < -0.3 is 15.4 Å². The molecule has 1 saturated heterocycles. The maximum atomic E-state index is 11.9. The Morgan fingerprint density at radius 2 is 2.35 bits per heavy atom. The predicted octanol–water partition coefficient (Wildman–Crippen LogP) is 0.719. The van der Waals surface area contributed by atoms with Crippen LogP contribution in [0, 0.1) is 0 Å². The van der Waals surface area contributed by atoms with E-state index in [4.69, 9.17) is 16.3 Å². The molecule has 0 spiro atoms. The molecular formula is C13H16ClN3O3. The molecule has 108 valence electrons. The van der Waals surface area contributed by atoms with Gasteiger partial charge in [-0.25, -0.2) is 0 Å². The average molecular weight is 298 g/mol. The summed E-state index contributed by atoms with van der Waals surface area (Å²) in [6.07, 6.45) is 0. The lowest BCUT2D eigenvalue weighted by molar-refractivity contribution is -0.125. The topological polar surface area (TPSA) is 70.7 Å². The summed E-state index contributed by atoms with van der Waals surface area (Å²) in [6, 6.07) is 5.03. The van der Waals surface area contributed by atoms with Crippen molar-refractivity contribution >= 4 is 29.1 Å². The second-order valence-corrected chi connectivity index (χ2v) is 4.87. The standard InChI is InChI=1S/C13H16ClN3O3/c1-20-11-3-2-9(6-10(11)14)16-13(19)8-17-5-4-15-12(18)7-17/h2-3,6H,4-5,7-8H2,1H3,(H,15,18)(H,16,19). The van der Waals surface area contributed by atoms with Crippen molar-refractivity contribution in [1.82, 2.24) is 10.2 Å². The molecule has 2 rings (SSSR count). The predicted molar refractivity (Wildman–Crippen MR) is 76.1 cm³/mol. The van der Waals surface area contributed by atoms with Gasteiger partial charge in [0.15, 0.2) is 0 Å². The lowest BCUT2D eigenvalue weighted by atomic mass is 10.3. The fourth-order valence-corrected chi connectivity index (χ4v) is 2.23. The Kier molecular flexibility index (Phi) is 4.81. The first-order valence-corrected chi connectivity index (χ1v) is 6.58. The highest BCUT2D eigenvalue weighted by Gasteiger charge is 2.18. The molecule has 1 heterocycles. The largest absolute Gasteiger partial charge is 0.495 e. The van der Waals surface area contributed by atoms with Crippen LogP contribution in [0.2, 0.25) is 5.02 Å². The molecule has 1 aliphatic heterocycles. The Balaban J connectivity index is 1.91. The third-order valence-corrected chi connectivity index (χ3v) is 3.22. The first-order valence-electron chi connectivity index (χ1n) is 6.21. The Morgan fingerprint density at radius 1 is 1.55 bits per heavy atom. The normalized spacial score (nSPS) is 15.6. The summed E-state index contributed by atoms with van der Waals surface area (Å²) in [4.78, 5) is 24.9. The zero-order valence-electron chi connectivity index (χ0n) is 11.1. The molecule has 0 radical (unpaired) electrons. The third kappa shape index (κ3) is 3.85. The number of rotatable bonds is 4. The number of methoxy groups -OCH3 is 1. The van der Waals surface area contributed by atoms with Crippen molar-refractivity contribution in [3.63, 3.8) is 0 Å². The van der Waals surface area contributed by atoms with E-state index in [2.05, 4.69) is 10.6 Å². The Labute approximate surface area is 122 Å². The number of hydrogen-bond acceptors (Lipinski definition) is 4. The number of benzene rings is 1. The Morgan fingerprint density at radius 3 is 3.00 bits per heavy atom. The number of halogens is 1. The zero-order valence-corrected chi connectivity index (χ0v) is 11.9. The lowest BCUT2D eigenvalue weighted by Crippen LogP contribution is -2.49. The van der Waals surface area contributed by atoms with Gasteiger partial charge in [-0.3, -0.25) is 14.5 Å². The van der Waals surface area contributed by atoms with Crippen LogP contribution in [0.1, 0.15) is 0 Å². The van der Waals surface area contributed by atoms with Gasteiger partial charge in [0.2, 0.25) is 11.8 Å². The van der Waals surface area contributed by atoms with Crippen LogP contribution in [0.4, 0.5) is 5.69 Å². The fraction of sp³-hybridized carbons (Fsp3) is 0.385. The van der Waals surface area contributed by atoms with Gasteiger partial charge in [0.05, 0.1) is 25.2 Å². The highest BCUT2D eigenvalue weighted by molar-refractivity contribution is 6.32. The summed E-state index contributed by atoms with van der Waals surface area (Å²) in [5.74, 6) is 0.315. The maximum absolute atomic E-state index is 11.9. The first kappa shape index (κ1) is 14.6. The molecule has 6 nitrogen and oxygen atoms in total. The Hall–Kier alpha value is -1.79. The van der Waals surface area contributed by atoms with Gasteiger partial charge in [0.25, 0.3) is 0 Å². The van der Waals surface area contributed by atoms with E-state index in [0.29, 0.717) is 29.5 Å². The van der Waals surface area contributed by atoms with Crippen LogP contribution >= 0.6 is 11.6 Å². The maximum Gasteiger partial charge on any atom is 0.238 e. The lowest BCUT2D eigenvalue weighted by Gasteiger charge is -2.25. The molecule has 2 N–H and O–H groups in total. The van der Waals surface area contributed by atoms with E-state index in [-0.39, 0.29) is 24.9 Å². The van der Waals surface area contributed by atoms with Crippen LogP contribution in [0.3, 0.4) is 0 Å². The van der Waals surface area contributed by atoms with Gasteiger partial charge in [-0.15, -0.1) is 0 Å². The molecule has 0 unspecified atom stereocenters. The number of ether oxygens (including phenoxy) is 1. The first-order chi connectivity index (χ1) is 9.58. The number of hydrogen-bond donors (Lipinski definition) is 2. The molecule has 0 saturated carbocycles. The van der Waals surface area contributed by atoms with Gasteiger partial charge in [-0.05, 0) is 18.2 Å². The second-order valence-electron chi connectivity index (χ2n) is 4.46. The minimum atomic E-state index is -0.180. The molecule has 1 aromatic rings. The van der Waals surface area contributed by atoms with Gasteiger partial charge in [-0.1, -0.05) is 11.6 Å². The summed E-state index contributed by atoms with van der Waals surface area (Å²) in [6.45, 7) is 1.66. The van der Waals surface area contributed by atoms with E-state index >= 15 is 0 Å². The van der Waals surface area contributed by atoms with Gasteiger partial charge >= 0.3 is 0 Å². The van der Waals surface area contributed by atoms with E-state index in [1.54, 1.807) is 23.1 Å². The number of carbonyl (C=O) groups is 2. The van der Waals surface area contributed by atoms with Gasteiger partial charge in [0, 0.05) is 18.8 Å². The number of piperazine rings is 1. The van der Waals surface area contributed by atoms with Crippen LogP contribution in [0.5, 0.6) is 5.75 Å². The SMILES string of the molecule is COc1ccc(NC(=O)CN2CCNC(=O)C2)cc1Cl. The van der Waals surface area contributed by atoms with E-state index < -0.39 is 0 Å².